The molecule has 0 aliphatic carbocycles. The third kappa shape index (κ3) is 5.23. The summed E-state index contributed by atoms with van der Waals surface area (Å²) in [4.78, 5) is 13.8. The molecule has 4 rings (SSSR count). The lowest BCUT2D eigenvalue weighted by Gasteiger charge is -2.36. The quantitative estimate of drug-likeness (QED) is 0.551. The van der Waals surface area contributed by atoms with Crippen molar-refractivity contribution in [3.05, 3.63) is 51.8 Å². The fraction of sp³-hybridized carbons (Fsp3) is 0.333. The van der Waals surface area contributed by atoms with E-state index >= 15 is 0 Å². The Kier molecular flexibility index (Phi) is 9.61. The van der Waals surface area contributed by atoms with E-state index in [1.807, 2.05) is 18.5 Å². The van der Waals surface area contributed by atoms with E-state index in [1.54, 1.807) is 0 Å². The molecule has 3 aliphatic rings. The second-order valence-corrected chi connectivity index (χ2v) is 7.32. The van der Waals surface area contributed by atoms with E-state index < -0.39 is 0 Å². The molecule has 3 aliphatic heterocycles. The molecule has 1 atom stereocenters. The van der Waals surface area contributed by atoms with Gasteiger partial charge in [0.05, 0.1) is 5.92 Å². The van der Waals surface area contributed by atoms with Gasteiger partial charge in [0.1, 0.15) is 5.84 Å². The number of allylic oxidation sites excluding steroid dienone is 1. The van der Waals surface area contributed by atoms with Crippen molar-refractivity contribution in [3.63, 3.8) is 0 Å². The molecule has 0 bridgehead atoms. The average Bonchev–Trinajstić information content (AvgIpc) is 3.00. The summed E-state index contributed by atoms with van der Waals surface area (Å²) in [5, 5.41) is 0. The minimum absolute atomic E-state index is 0. The Hall–Kier alpha value is -0.600. The van der Waals surface area contributed by atoms with Crippen molar-refractivity contribution in [2.45, 2.75) is 0 Å². The largest absolute Gasteiger partial charge is 0.369 e. The normalized spacial score (nSPS) is 21.0. The smallest absolute Gasteiger partial charge is 0.139 e. The number of anilines is 1. The minimum Gasteiger partial charge on any atom is -0.369 e. The zero-order chi connectivity index (χ0) is 15.6. The summed E-state index contributed by atoms with van der Waals surface area (Å²) in [5.74, 6) is 1.24. The van der Waals surface area contributed by atoms with Crippen LogP contribution in [0.15, 0.2) is 58.2 Å². The van der Waals surface area contributed by atoms with E-state index in [0.29, 0.717) is 5.92 Å². The fourth-order valence-electron chi connectivity index (χ4n) is 3.29. The van der Waals surface area contributed by atoms with Crippen molar-refractivity contribution in [1.29, 1.82) is 0 Å². The summed E-state index contributed by atoms with van der Waals surface area (Å²) in [6.07, 6.45) is 8.06. The first kappa shape index (κ1) is 23.4. The van der Waals surface area contributed by atoms with Crippen LogP contribution in [0.1, 0.15) is 0 Å². The maximum absolute atomic E-state index is 4.44. The molecule has 1 aromatic rings. The molecule has 1 saturated heterocycles. The number of fused-ring (bicyclic) bond motifs is 1. The standard InChI is InChI=1S/C18H19IN4.3ClH/c19-15-3-5-16(6-4-15)23-10-8-22(9-11-23)13-14-12-21-18-17(14)2-1-7-20-18;;;/h1-7,12,17H,8-11,13H2;3*1H. The van der Waals surface area contributed by atoms with Crippen molar-refractivity contribution in [1.82, 2.24) is 4.90 Å². The van der Waals surface area contributed by atoms with Gasteiger partial charge in [-0.2, -0.15) is 0 Å². The Balaban J connectivity index is 0.00000113. The van der Waals surface area contributed by atoms with E-state index in [0.717, 1.165) is 38.6 Å². The number of nitrogens with zero attached hydrogens (tertiary/aromatic N) is 4. The number of benzene rings is 1. The molecular formula is C18H22Cl3IN4. The van der Waals surface area contributed by atoms with Crippen LogP contribution in [-0.2, 0) is 0 Å². The van der Waals surface area contributed by atoms with Gasteiger partial charge in [0, 0.05) is 54.4 Å². The first-order valence-electron chi connectivity index (χ1n) is 8.00. The van der Waals surface area contributed by atoms with Crippen molar-refractivity contribution in [3.8, 4) is 0 Å². The molecule has 0 spiro atoms. The molecule has 0 amide bonds. The van der Waals surface area contributed by atoms with E-state index in [1.165, 1.54) is 14.8 Å². The Bertz CT molecular complexity index is 708. The van der Waals surface area contributed by atoms with Crippen LogP contribution in [0.25, 0.3) is 0 Å². The molecule has 1 unspecified atom stereocenters. The van der Waals surface area contributed by atoms with Gasteiger partial charge in [-0.25, -0.2) is 9.98 Å². The van der Waals surface area contributed by atoms with Crippen LogP contribution < -0.4 is 4.90 Å². The second-order valence-electron chi connectivity index (χ2n) is 6.07. The van der Waals surface area contributed by atoms with Crippen molar-refractivity contribution >= 4 is 77.5 Å². The Morgan fingerprint density at radius 2 is 1.69 bits per heavy atom. The highest BCUT2D eigenvalue weighted by atomic mass is 127. The highest BCUT2D eigenvalue weighted by molar-refractivity contribution is 14.1. The molecular weight excluding hydrogens is 505 g/mol. The molecule has 1 aromatic carbocycles. The van der Waals surface area contributed by atoms with Crippen LogP contribution >= 0.6 is 59.8 Å². The van der Waals surface area contributed by atoms with Gasteiger partial charge in [-0.15, -0.1) is 37.2 Å². The maximum Gasteiger partial charge on any atom is 0.139 e. The van der Waals surface area contributed by atoms with Crippen molar-refractivity contribution in [2.24, 2.45) is 15.9 Å². The van der Waals surface area contributed by atoms with Crippen LogP contribution in [0.3, 0.4) is 0 Å². The van der Waals surface area contributed by atoms with E-state index in [2.05, 4.69) is 72.7 Å². The molecule has 0 radical (unpaired) electrons. The van der Waals surface area contributed by atoms with Crippen LogP contribution in [0.2, 0.25) is 0 Å². The Morgan fingerprint density at radius 3 is 2.38 bits per heavy atom. The van der Waals surface area contributed by atoms with Gasteiger partial charge in [0.15, 0.2) is 0 Å². The number of amidine groups is 1. The van der Waals surface area contributed by atoms with Gasteiger partial charge < -0.3 is 4.90 Å². The number of dihydropyridines is 1. The predicted octanol–water partition coefficient (Wildman–Crippen LogP) is 4.23. The zero-order valence-corrected chi connectivity index (χ0v) is 18.7. The first-order valence-corrected chi connectivity index (χ1v) is 9.08. The van der Waals surface area contributed by atoms with Crippen LogP contribution in [0.4, 0.5) is 5.69 Å². The third-order valence-electron chi connectivity index (χ3n) is 4.61. The van der Waals surface area contributed by atoms with Crippen molar-refractivity contribution in [2.75, 3.05) is 37.6 Å². The fourth-order valence-corrected chi connectivity index (χ4v) is 3.65. The molecule has 142 valence electrons. The number of halogens is 4. The SMILES string of the molecule is Cl.Cl.Cl.Ic1ccc(N2CCN(CC3=CN=C4N=CC=CC34)CC2)cc1. The highest BCUT2D eigenvalue weighted by Gasteiger charge is 2.26. The minimum atomic E-state index is 0. The highest BCUT2D eigenvalue weighted by Crippen LogP contribution is 2.26. The average molecular weight is 528 g/mol. The lowest BCUT2D eigenvalue weighted by molar-refractivity contribution is 0.275. The second kappa shape index (κ2) is 10.7. The zero-order valence-electron chi connectivity index (χ0n) is 14.1. The summed E-state index contributed by atoms with van der Waals surface area (Å²) in [7, 11) is 0. The number of aliphatic imine (C=N–C) groups is 2. The predicted molar refractivity (Wildman–Crippen MR) is 126 cm³/mol. The lowest BCUT2D eigenvalue weighted by atomic mass is 9.98. The molecule has 8 heteroatoms. The molecule has 26 heavy (non-hydrogen) atoms. The maximum atomic E-state index is 4.44. The number of hydrogen-bond acceptors (Lipinski definition) is 4. The number of rotatable bonds is 3. The monoisotopic (exact) mass is 526 g/mol. The van der Waals surface area contributed by atoms with E-state index in [9.17, 15) is 0 Å². The third-order valence-corrected chi connectivity index (χ3v) is 5.33. The summed E-state index contributed by atoms with van der Waals surface area (Å²) in [6.45, 7) is 5.36. The summed E-state index contributed by atoms with van der Waals surface area (Å²) in [5.41, 5.74) is 2.70. The van der Waals surface area contributed by atoms with Gasteiger partial charge >= 0.3 is 0 Å². The molecule has 0 aromatic heterocycles. The van der Waals surface area contributed by atoms with E-state index in [4.69, 9.17) is 0 Å². The Labute approximate surface area is 186 Å². The topological polar surface area (TPSA) is 31.2 Å². The van der Waals surface area contributed by atoms with Gasteiger partial charge in [0.25, 0.3) is 0 Å². The lowest BCUT2D eigenvalue weighted by Crippen LogP contribution is -2.47. The van der Waals surface area contributed by atoms with E-state index in [-0.39, 0.29) is 37.2 Å². The summed E-state index contributed by atoms with van der Waals surface area (Å²) in [6, 6.07) is 8.81. The molecule has 3 heterocycles. The summed E-state index contributed by atoms with van der Waals surface area (Å²) < 4.78 is 1.29. The molecule has 0 saturated carbocycles. The Morgan fingerprint density at radius 1 is 1.00 bits per heavy atom. The number of piperazine rings is 1. The van der Waals surface area contributed by atoms with Crippen LogP contribution in [0.5, 0.6) is 0 Å². The molecule has 1 fully saturated rings. The van der Waals surface area contributed by atoms with Gasteiger partial charge in [-0.3, -0.25) is 4.90 Å². The first-order chi connectivity index (χ1) is 11.3. The summed E-state index contributed by atoms with van der Waals surface area (Å²) >= 11 is 2.35. The van der Waals surface area contributed by atoms with Crippen LogP contribution in [-0.4, -0.2) is 49.7 Å². The van der Waals surface area contributed by atoms with Crippen LogP contribution in [0, 0.1) is 9.49 Å². The molecule has 0 N–H and O–H groups in total. The van der Waals surface area contributed by atoms with Crippen molar-refractivity contribution < 1.29 is 0 Å². The van der Waals surface area contributed by atoms with Gasteiger partial charge in [0.2, 0.25) is 0 Å². The van der Waals surface area contributed by atoms with Gasteiger partial charge in [-0.1, -0.05) is 6.08 Å². The van der Waals surface area contributed by atoms with Gasteiger partial charge in [-0.05, 0) is 58.5 Å². The number of hydrogen-bond donors (Lipinski definition) is 0. The molecule has 4 nitrogen and oxygen atoms in total.